The van der Waals surface area contributed by atoms with Gasteiger partial charge in [0.05, 0.1) is 13.7 Å². The molecular weight excluding hydrogens is 248 g/mol. The maximum absolute atomic E-state index is 12.0. The first-order valence-electron chi connectivity index (χ1n) is 6.03. The number of methoxy groups -OCH3 is 1. The lowest BCUT2D eigenvalue weighted by Gasteiger charge is -2.26. The largest absolute Gasteiger partial charge is 0.496 e. The van der Waals surface area contributed by atoms with Gasteiger partial charge in [0.25, 0.3) is 5.91 Å². The fourth-order valence-electron chi connectivity index (χ4n) is 2.16. The summed E-state index contributed by atoms with van der Waals surface area (Å²) >= 11 is 0. The van der Waals surface area contributed by atoms with Crippen LogP contribution in [0.5, 0.6) is 5.75 Å². The molecule has 6 heteroatoms. The number of ether oxygens (including phenoxy) is 2. The van der Waals surface area contributed by atoms with E-state index in [2.05, 4.69) is 5.32 Å². The summed E-state index contributed by atoms with van der Waals surface area (Å²) < 4.78 is 10.9. The van der Waals surface area contributed by atoms with Crippen molar-refractivity contribution in [2.75, 3.05) is 26.8 Å². The molecule has 19 heavy (non-hydrogen) atoms. The smallest absolute Gasteiger partial charge is 0.253 e. The number of fused-ring (bicyclic) bond motifs is 1. The van der Waals surface area contributed by atoms with Crippen LogP contribution in [0.1, 0.15) is 17.2 Å². The van der Waals surface area contributed by atoms with Crippen LogP contribution in [-0.4, -0.2) is 38.2 Å². The molecule has 0 fully saturated rings. The molecule has 0 bridgehead atoms. The Bertz CT molecular complexity index is 437. The Hall–Kier alpha value is -1.63. The van der Waals surface area contributed by atoms with Crippen molar-refractivity contribution in [2.45, 2.75) is 12.5 Å². The van der Waals surface area contributed by atoms with E-state index in [9.17, 15) is 4.79 Å². The van der Waals surface area contributed by atoms with Crippen molar-refractivity contribution in [1.82, 2.24) is 5.32 Å². The van der Waals surface area contributed by atoms with Crippen molar-refractivity contribution in [3.05, 3.63) is 29.3 Å². The number of hydrogen-bond acceptors (Lipinski definition) is 4. The SMILES string of the molecule is COc1cccc2c1CCO[C@@H]2C(=O)NCCN.O. The van der Waals surface area contributed by atoms with E-state index in [1.807, 2.05) is 18.2 Å². The number of carbonyl (C=O) groups is 1. The van der Waals surface area contributed by atoms with Crippen molar-refractivity contribution in [2.24, 2.45) is 5.73 Å². The van der Waals surface area contributed by atoms with E-state index in [0.29, 0.717) is 19.7 Å². The van der Waals surface area contributed by atoms with Crippen molar-refractivity contribution >= 4 is 5.91 Å². The quantitative estimate of drug-likeness (QED) is 0.772. The van der Waals surface area contributed by atoms with Gasteiger partial charge in [-0.05, 0) is 18.1 Å². The van der Waals surface area contributed by atoms with E-state index in [1.54, 1.807) is 7.11 Å². The van der Waals surface area contributed by atoms with Crippen LogP contribution in [0, 0.1) is 0 Å². The number of rotatable bonds is 4. The molecule has 0 saturated carbocycles. The normalized spacial score (nSPS) is 17.1. The topological polar surface area (TPSA) is 105 Å². The first kappa shape index (κ1) is 15.4. The Kier molecular flexibility index (Phi) is 5.75. The van der Waals surface area contributed by atoms with Crippen LogP contribution in [0.2, 0.25) is 0 Å². The molecule has 1 aromatic rings. The lowest BCUT2D eigenvalue weighted by molar-refractivity contribution is -0.134. The van der Waals surface area contributed by atoms with Gasteiger partial charge in [-0.15, -0.1) is 0 Å². The minimum absolute atomic E-state index is 0. The Morgan fingerprint density at radius 1 is 1.58 bits per heavy atom. The van der Waals surface area contributed by atoms with Gasteiger partial charge in [-0.25, -0.2) is 0 Å². The standard InChI is InChI=1S/C13H18N2O3.H2O/c1-17-11-4-2-3-10-9(11)5-8-18-12(10)13(16)15-7-6-14;/h2-4,12H,5-8,14H2,1H3,(H,15,16);1H2/t12-;/m0./s1. The van der Waals surface area contributed by atoms with Gasteiger partial charge < -0.3 is 26.0 Å². The molecule has 0 unspecified atom stereocenters. The summed E-state index contributed by atoms with van der Waals surface area (Å²) in [6, 6.07) is 5.68. The molecular formula is C13H20N2O4. The monoisotopic (exact) mass is 268 g/mol. The molecule has 0 radical (unpaired) electrons. The number of carbonyl (C=O) groups excluding carboxylic acids is 1. The molecule has 1 aromatic carbocycles. The highest BCUT2D eigenvalue weighted by Crippen LogP contribution is 2.33. The number of nitrogens with two attached hydrogens (primary N) is 1. The predicted octanol–water partition coefficient (Wildman–Crippen LogP) is -0.441. The Labute approximate surface area is 112 Å². The highest BCUT2D eigenvalue weighted by Gasteiger charge is 2.28. The van der Waals surface area contributed by atoms with E-state index in [0.717, 1.165) is 23.3 Å². The molecule has 1 aliphatic heterocycles. The average molecular weight is 268 g/mol. The van der Waals surface area contributed by atoms with Gasteiger partial charge in [-0.1, -0.05) is 12.1 Å². The summed E-state index contributed by atoms with van der Waals surface area (Å²) in [5.74, 6) is 0.669. The van der Waals surface area contributed by atoms with Gasteiger partial charge in [0.15, 0.2) is 6.10 Å². The van der Waals surface area contributed by atoms with Gasteiger partial charge in [-0.2, -0.15) is 0 Å². The van der Waals surface area contributed by atoms with Crippen LogP contribution in [0.15, 0.2) is 18.2 Å². The van der Waals surface area contributed by atoms with Crippen LogP contribution >= 0.6 is 0 Å². The molecule has 5 N–H and O–H groups in total. The zero-order valence-electron chi connectivity index (χ0n) is 10.9. The number of benzene rings is 1. The molecule has 1 heterocycles. The van der Waals surface area contributed by atoms with E-state index < -0.39 is 6.10 Å². The van der Waals surface area contributed by atoms with Crippen molar-refractivity contribution in [3.8, 4) is 5.75 Å². The summed E-state index contributed by atoms with van der Waals surface area (Å²) in [5.41, 5.74) is 7.31. The van der Waals surface area contributed by atoms with Gasteiger partial charge in [0, 0.05) is 18.7 Å². The van der Waals surface area contributed by atoms with Crippen molar-refractivity contribution < 1.29 is 19.7 Å². The maximum Gasteiger partial charge on any atom is 0.253 e. The highest BCUT2D eigenvalue weighted by molar-refractivity contribution is 5.83. The molecule has 106 valence electrons. The zero-order chi connectivity index (χ0) is 13.0. The minimum atomic E-state index is -0.560. The molecule has 0 aliphatic carbocycles. The number of nitrogens with one attached hydrogen (secondary N) is 1. The molecule has 1 atom stereocenters. The van der Waals surface area contributed by atoms with Crippen LogP contribution in [-0.2, 0) is 16.0 Å². The Balaban J connectivity index is 0.00000180. The summed E-state index contributed by atoms with van der Waals surface area (Å²) in [4.78, 5) is 12.0. The minimum Gasteiger partial charge on any atom is -0.496 e. The highest BCUT2D eigenvalue weighted by atomic mass is 16.5. The molecule has 0 saturated heterocycles. The number of amides is 1. The fourth-order valence-corrected chi connectivity index (χ4v) is 2.16. The zero-order valence-corrected chi connectivity index (χ0v) is 10.9. The van der Waals surface area contributed by atoms with Gasteiger partial charge >= 0.3 is 0 Å². The summed E-state index contributed by atoms with van der Waals surface area (Å²) in [5, 5.41) is 2.75. The van der Waals surface area contributed by atoms with Gasteiger partial charge in [0.1, 0.15) is 5.75 Å². The van der Waals surface area contributed by atoms with Gasteiger partial charge in [0.2, 0.25) is 0 Å². The van der Waals surface area contributed by atoms with Crippen LogP contribution in [0.25, 0.3) is 0 Å². The second-order valence-electron chi connectivity index (χ2n) is 4.11. The van der Waals surface area contributed by atoms with Crippen LogP contribution in [0.4, 0.5) is 0 Å². The number of hydrogen-bond donors (Lipinski definition) is 2. The summed E-state index contributed by atoms with van der Waals surface area (Å²) in [6.45, 7) is 1.40. The molecule has 1 amide bonds. The van der Waals surface area contributed by atoms with E-state index in [-0.39, 0.29) is 11.4 Å². The summed E-state index contributed by atoms with van der Waals surface area (Å²) in [7, 11) is 1.63. The van der Waals surface area contributed by atoms with Crippen molar-refractivity contribution in [1.29, 1.82) is 0 Å². The Morgan fingerprint density at radius 2 is 2.37 bits per heavy atom. The van der Waals surface area contributed by atoms with E-state index >= 15 is 0 Å². The average Bonchev–Trinajstić information content (AvgIpc) is 2.43. The second kappa shape index (κ2) is 7.08. The lowest BCUT2D eigenvalue weighted by atomic mass is 9.96. The third kappa shape index (κ3) is 3.23. The van der Waals surface area contributed by atoms with Crippen molar-refractivity contribution in [3.63, 3.8) is 0 Å². The third-order valence-corrected chi connectivity index (χ3v) is 2.99. The first-order chi connectivity index (χ1) is 8.77. The molecule has 0 aromatic heterocycles. The van der Waals surface area contributed by atoms with E-state index in [4.69, 9.17) is 15.2 Å². The van der Waals surface area contributed by atoms with Crippen LogP contribution < -0.4 is 15.8 Å². The molecule has 0 spiro atoms. The third-order valence-electron chi connectivity index (χ3n) is 2.99. The van der Waals surface area contributed by atoms with Gasteiger partial charge in [-0.3, -0.25) is 4.79 Å². The molecule has 2 rings (SSSR count). The predicted molar refractivity (Wildman–Crippen MR) is 71.1 cm³/mol. The fraction of sp³-hybridized carbons (Fsp3) is 0.462. The first-order valence-corrected chi connectivity index (χ1v) is 6.03. The van der Waals surface area contributed by atoms with E-state index in [1.165, 1.54) is 0 Å². The second-order valence-corrected chi connectivity index (χ2v) is 4.11. The summed E-state index contributed by atoms with van der Waals surface area (Å²) in [6.07, 6.45) is 0.204. The van der Waals surface area contributed by atoms with Crippen LogP contribution in [0.3, 0.4) is 0 Å². The maximum atomic E-state index is 12.0. The Morgan fingerprint density at radius 3 is 3.05 bits per heavy atom. The molecule has 1 aliphatic rings. The lowest BCUT2D eigenvalue weighted by Crippen LogP contribution is -2.36. The molecule has 6 nitrogen and oxygen atoms in total.